The number of phosphoric acid groups is 2. The Hall–Kier alpha value is -1.94. The Labute approximate surface area is 588 Å². The summed E-state index contributed by atoms with van der Waals surface area (Å²) in [6.07, 6.45) is 56.9. The average molecular weight is 1410 g/mol. The van der Waals surface area contributed by atoms with Gasteiger partial charge in [-0.05, 0) is 37.5 Å². The van der Waals surface area contributed by atoms with Crippen molar-refractivity contribution in [2.75, 3.05) is 39.6 Å². The quantitative estimate of drug-likeness (QED) is 0.0222. The molecule has 0 spiro atoms. The Morgan fingerprint density at radius 1 is 0.281 bits per heavy atom. The standard InChI is InChI=1S/C77H150O17P2/c1-7-9-11-13-15-17-19-21-23-25-27-29-31-35-43-49-55-61-76(81)93-72(65-87-74(79)59-53-47-41-34-30-28-26-24-22-20-18-16-14-12-10-8-2)67-91-95(83,84)89-63-71(78)64-90-96(85,86)92-68-73(66-88-75(80)60-54-48-42-38-37-40-46-52-58-70(5)6)94-77(82)62-56-50-44-36-32-33-39-45-51-57-69(3)4/h69-73,78H,7-68H2,1-6H3,(H,83,84)(H,85,86)/t71-,72-,73-/m1/s1. The summed E-state index contributed by atoms with van der Waals surface area (Å²) in [5.41, 5.74) is 0. The smallest absolute Gasteiger partial charge is 0.462 e. The van der Waals surface area contributed by atoms with Gasteiger partial charge >= 0.3 is 39.5 Å². The van der Waals surface area contributed by atoms with Crippen LogP contribution in [0.5, 0.6) is 0 Å². The zero-order valence-electron chi connectivity index (χ0n) is 62.7. The number of ether oxygens (including phenoxy) is 4. The molecule has 0 aromatic rings. The minimum atomic E-state index is -4.96. The summed E-state index contributed by atoms with van der Waals surface area (Å²) < 4.78 is 68.6. The van der Waals surface area contributed by atoms with Crippen LogP contribution in [0.15, 0.2) is 0 Å². The number of carbonyl (C=O) groups is 4. The van der Waals surface area contributed by atoms with E-state index >= 15 is 0 Å². The van der Waals surface area contributed by atoms with Crippen LogP contribution in [0.4, 0.5) is 0 Å². The summed E-state index contributed by atoms with van der Waals surface area (Å²) in [6.45, 7) is 9.55. The molecule has 19 heteroatoms. The second kappa shape index (κ2) is 68.8. The maximum Gasteiger partial charge on any atom is 0.472 e. The van der Waals surface area contributed by atoms with E-state index in [-0.39, 0.29) is 25.7 Å². The van der Waals surface area contributed by atoms with Crippen LogP contribution in [0, 0.1) is 11.8 Å². The van der Waals surface area contributed by atoms with Crippen LogP contribution < -0.4 is 0 Å². The first-order valence-corrected chi connectivity index (χ1v) is 43.0. The molecule has 5 atom stereocenters. The van der Waals surface area contributed by atoms with Gasteiger partial charge in [-0.3, -0.25) is 37.3 Å². The third-order valence-electron chi connectivity index (χ3n) is 18.0. The van der Waals surface area contributed by atoms with E-state index < -0.39 is 97.5 Å². The largest absolute Gasteiger partial charge is 0.472 e. The molecular formula is C77H150O17P2. The van der Waals surface area contributed by atoms with Gasteiger partial charge in [-0.1, -0.05) is 350 Å². The van der Waals surface area contributed by atoms with Crippen molar-refractivity contribution in [2.24, 2.45) is 11.8 Å². The first-order chi connectivity index (χ1) is 46.4. The zero-order chi connectivity index (χ0) is 70.7. The lowest BCUT2D eigenvalue weighted by atomic mass is 10.0. The molecule has 0 aliphatic heterocycles. The summed E-state index contributed by atoms with van der Waals surface area (Å²) in [4.78, 5) is 72.9. The molecule has 0 fully saturated rings. The van der Waals surface area contributed by atoms with Gasteiger partial charge in [0.1, 0.15) is 19.3 Å². The molecule has 96 heavy (non-hydrogen) atoms. The van der Waals surface area contributed by atoms with Crippen molar-refractivity contribution in [1.29, 1.82) is 0 Å². The Balaban J connectivity index is 5.25. The molecule has 0 radical (unpaired) electrons. The molecule has 0 bridgehead atoms. The highest BCUT2D eigenvalue weighted by Crippen LogP contribution is 2.45. The number of phosphoric ester groups is 2. The number of hydrogen-bond donors (Lipinski definition) is 3. The molecule has 0 aliphatic rings. The van der Waals surface area contributed by atoms with Crippen LogP contribution in [0.2, 0.25) is 0 Å². The minimum Gasteiger partial charge on any atom is -0.462 e. The topological polar surface area (TPSA) is 237 Å². The molecule has 0 amide bonds. The van der Waals surface area contributed by atoms with Gasteiger partial charge in [-0.25, -0.2) is 9.13 Å². The van der Waals surface area contributed by atoms with Gasteiger partial charge in [0.15, 0.2) is 12.2 Å². The fraction of sp³-hybridized carbons (Fsp3) is 0.948. The predicted octanol–water partition coefficient (Wildman–Crippen LogP) is 22.7. The fourth-order valence-corrected chi connectivity index (χ4v) is 13.4. The van der Waals surface area contributed by atoms with E-state index in [1.54, 1.807) is 0 Å². The maximum atomic E-state index is 13.1. The molecule has 0 heterocycles. The van der Waals surface area contributed by atoms with Crippen molar-refractivity contribution in [3.05, 3.63) is 0 Å². The third-order valence-corrected chi connectivity index (χ3v) is 19.9. The zero-order valence-corrected chi connectivity index (χ0v) is 64.5. The Bertz CT molecular complexity index is 1860. The van der Waals surface area contributed by atoms with Gasteiger partial charge in [0.05, 0.1) is 26.4 Å². The van der Waals surface area contributed by atoms with Crippen LogP contribution in [0.25, 0.3) is 0 Å². The van der Waals surface area contributed by atoms with Crippen LogP contribution in [0.3, 0.4) is 0 Å². The Kier molecular flexibility index (Phi) is 67.4. The number of aliphatic hydroxyl groups excluding tert-OH is 1. The molecule has 0 aliphatic carbocycles. The van der Waals surface area contributed by atoms with Crippen molar-refractivity contribution in [3.63, 3.8) is 0 Å². The highest BCUT2D eigenvalue weighted by Gasteiger charge is 2.30. The van der Waals surface area contributed by atoms with Crippen LogP contribution in [-0.2, 0) is 65.4 Å². The maximum absolute atomic E-state index is 13.1. The molecule has 17 nitrogen and oxygen atoms in total. The molecule has 0 saturated heterocycles. The predicted molar refractivity (Wildman–Crippen MR) is 391 cm³/mol. The molecule has 3 N–H and O–H groups in total. The van der Waals surface area contributed by atoms with Crippen LogP contribution in [-0.4, -0.2) is 96.7 Å². The highest BCUT2D eigenvalue weighted by atomic mass is 31.2. The van der Waals surface area contributed by atoms with Crippen molar-refractivity contribution in [2.45, 2.75) is 419 Å². The van der Waals surface area contributed by atoms with Gasteiger partial charge in [-0.2, -0.15) is 0 Å². The van der Waals surface area contributed by atoms with Gasteiger partial charge in [0.2, 0.25) is 0 Å². The van der Waals surface area contributed by atoms with Crippen molar-refractivity contribution in [1.82, 2.24) is 0 Å². The molecular weight excluding hydrogens is 1260 g/mol. The normalized spacial score (nSPS) is 14.0. The molecule has 0 aromatic heterocycles. The Morgan fingerprint density at radius 3 is 0.708 bits per heavy atom. The number of carbonyl (C=O) groups excluding carboxylic acids is 4. The van der Waals surface area contributed by atoms with E-state index in [4.69, 9.17) is 37.0 Å². The monoisotopic (exact) mass is 1410 g/mol. The lowest BCUT2D eigenvalue weighted by Crippen LogP contribution is -2.30. The summed E-state index contributed by atoms with van der Waals surface area (Å²) in [6, 6.07) is 0. The summed E-state index contributed by atoms with van der Waals surface area (Å²) >= 11 is 0. The van der Waals surface area contributed by atoms with Gasteiger partial charge in [-0.15, -0.1) is 0 Å². The van der Waals surface area contributed by atoms with E-state index in [1.807, 2.05) is 0 Å². The lowest BCUT2D eigenvalue weighted by molar-refractivity contribution is -0.161. The first kappa shape index (κ1) is 94.1. The van der Waals surface area contributed by atoms with Gasteiger partial charge in [0.25, 0.3) is 0 Å². The fourth-order valence-electron chi connectivity index (χ4n) is 11.8. The number of hydrogen-bond acceptors (Lipinski definition) is 15. The lowest BCUT2D eigenvalue weighted by Gasteiger charge is -2.21. The number of unbranched alkanes of at least 4 members (excludes halogenated alkanes) is 46. The number of esters is 4. The van der Waals surface area contributed by atoms with Crippen LogP contribution in [0.1, 0.15) is 401 Å². The third kappa shape index (κ3) is 70.5. The minimum absolute atomic E-state index is 0.105. The average Bonchev–Trinajstić information content (AvgIpc) is 1.28. The second-order valence-corrected chi connectivity index (χ2v) is 31.6. The molecule has 0 aromatic carbocycles. The van der Waals surface area contributed by atoms with E-state index in [0.29, 0.717) is 25.7 Å². The van der Waals surface area contributed by atoms with E-state index in [1.165, 1.54) is 218 Å². The van der Waals surface area contributed by atoms with E-state index in [0.717, 1.165) is 102 Å². The van der Waals surface area contributed by atoms with E-state index in [9.17, 15) is 43.2 Å². The summed E-state index contributed by atoms with van der Waals surface area (Å²) in [7, 11) is -9.91. The van der Waals surface area contributed by atoms with Crippen molar-refractivity contribution in [3.8, 4) is 0 Å². The Morgan fingerprint density at radius 2 is 0.479 bits per heavy atom. The first-order valence-electron chi connectivity index (χ1n) is 40.0. The molecule has 0 saturated carbocycles. The van der Waals surface area contributed by atoms with Gasteiger partial charge < -0.3 is 33.8 Å². The number of rotatable bonds is 76. The number of aliphatic hydroxyl groups is 1. The molecule has 570 valence electrons. The van der Waals surface area contributed by atoms with E-state index in [2.05, 4.69) is 41.5 Å². The molecule has 0 rings (SSSR count). The van der Waals surface area contributed by atoms with Gasteiger partial charge in [0, 0.05) is 25.7 Å². The second-order valence-electron chi connectivity index (χ2n) is 28.7. The summed E-state index contributed by atoms with van der Waals surface area (Å²) in [5, 5.41) is 10.6. The highest BCUT2D eigenvalue weighted by molar-refractivity contribution is 7.47. The summed E-state index contributed by atoms with van der Waals surface area (Å²) in [5.74, 6) is -0.651. The van der Waals surface area contributed by atoms with Crippen molar-refractivity contribution < 1.29 is 80.2 Å². The van der Waals surface area contributed by atoms with Crippen molar-refractivity contribution >= 4 is 39.5 Å². The SMILES string of the molecule is CCCCCCCCCCCCCCCCCCCC(=O)O[C@H](COC(=O)CCCCCCCCCCCCCCCCCC)COP(=O)(O)OC[C@@H](O)COP(=O)(O)OC[C@@H](COC(=O)CCCCCCCCCCC(C)C)OC(=O)CCCCCCCCCCCC(C)C. The van der Waals surface area contributed by atoms with Crippen LogP contribution >= 0.6 is 15.6 Å². The molecule has 2 unspecified atom stereocenters.